The van der Waals surface area contributed by atoms with Gasteiger partial charge in [-0.15, -0.1) is 0 Å². The first kappa shape index (κ1) is 49.0. The summed E-state index contributed by atoms with van der Waals surface area (Å²) in [5, 5.41) is 17.0. The van der Waals surface area contributed by atoms with Gasteiger partial charge >= 0.3 is 0 Å². The van der Waals surface area contributed by atoms with Crippen LogP contribution in [0.2, 0.25) is 0 Å². The fourth-order valence-electron chi connectivity index (χ4n) is 12.8. The van der Waals surface area contributed by atoms with Gasteiger partial charge in [0.25, 0.3) is 0 Å². The second-order valence-corrected chi connectivity index (χ2v) is 21.5. The molecule has 85 heavy (non-hydrogen) atoms. The SMILES string of the molecule is [C-]#[N+]c1cc(C#N)cc(-c2ccc3c(c2)c2ccccc2n3-c2c(-c3ccc(-n4c5ccccc5c5ccccc54)cc3)cc(-c3nc(-c4ccccc4)cc(-c4ccccc4)n3)cc2-c2ccc(-n3c4ccccc4c4ccccc43)cc2)c1. The molecule has 0 spiro atoms. The van der Waals surface area contributed by atoms with Crippen molar-refractivity contribution in [1.82, 2.24) is 23.7 Å². The zero-order valence-electron chi connectivity index (χ0n) is 45.8. The van der Waals surface area contributed by atoms with E-state index in [0.717, 1.165) is 122 Å². The van der Waals surface area contributed by atoms with Gasteiger partial charge in [-0.2, -0.15) is 5.26 Å². The second-order valence-electron chi connectivity index (χ2n) is 21.5. The van der Waals surface area contributed by atoms with E-state index >= 15 is 0 Å². The lowest BCUT2D eigenvalue weighted by Gasteiger charge is -2.22. The van der Waals surface area contributed by atoms with Crippen molar-refractivity contribution in [3.63, 3.8) is 0 Å². The Morgan fingerprint density at radius 3 is 1.16 bits per heavy atom. The number of aromatic nitrogens is 5. The number of nitriles is 1. The smallest absolute Gasteiger partial charge is 0.189 e. The van der Waals surface area contributed by atoms with Crippen LogP contribution in [0.3, 0.4) is 0 Å². The Morgan fingerprint density at radius 2 is 0.718 bits per heavy atom. The van der Waals surface area contributed by atoms with E-state index in [1.165, 1.54) is 21.5 Å². The summed E-state index contributed by atoms with van der Waals surface area (Å²) in [6.07, 6.45) is 0. The molecule has 4 aromatic heterocycles. The summed E-state index contributed by atoms with van der Waals surface area (Å²) in [6.45, 7) is 7.89. The topological polar surface area (TPSA) is 68.7 Å². The molecule has 0 aliphatic rings. The monoisotopic (exact) mass is 1080 g/mol. The molecular formula is C78H47N7. The molecule has 0 aliphatic heterocycles. The molecule has 0 bridgehead atoms. The van der Waals surface area contributed by atoms with Crippen LogP contribution in [0.15, 0.2) is 285 Å². The summed E-state index contributed by atoms with van der Waals surface area (Å²) in [7, 11) is 0. The Balaban J connectivity index is 0.994. The second kappa shape index (κ2) is 20.0. The molecule has 0 unspecified atom stereocenters. The molecule has 16 aromatic rings. The summed E-state index contributed by atoms with van der Waals surface area (Å²) >= 11 is 0. The van der Waals surface area contributed by atoms with Crippen LogP contribution < -0.4 is 0 Å². The van der Waals surface area contributed by atoms with Gasteiger partial charge in [0.05, 0.1) is 62.8 Å². The van der Waals surface area contributed by atoms with E-state index in [4.69, 9.17) is 16.5 Å². The highest BCUT2D eigenvalue weighted by atomic mass is 15.0. The van der Waals surface area contributed by atoms with Crippen LogP contribution in [0.4, 0.5) is 5.69 Å². The number of hydrogen-bond donors (Lipinski definition) is 0. The van der Waals surface area contributed by atoms with Crippen LogP contribution in [-0.4, -0.2) is 23.7 Å². The van der Waals surface area contributed by atoms with Crippen LogP contribution in [0, 0.1) is 17.9 Å². The Hall–Kier alpha value is -11.9. The van der Waals surface area contributed by atoms with E-state index in [1.54, 1.807) is 6.07 Å². The van der Waals surface area contributed by atoms with E-state index in [9.17, 15) is 5.26 Å². The van der Waals surface area contributed by atoms with Gasteiger partial charge in [-0.3, -0.25) is 0 Å². The minimum absolute atomic E-state index is 0.424. The maximum Gasteiger partial charge on any atom is 0.189 e. The summed E-state index contributed by atoms with van der Waals surface area (Å²) in [5.74, 6) is 0.600. The summed E-state index contributed by atoms with van der Waals surface area (Å²) in [5.41, 5.74) is 20.8. The van der Waals surface area contributed by atoms with Gasteiger partial charge in [0.1, 0.15) is 0 Å². The largest absolute Gasteiger partial charge is 0.309 e. The quantitative estimate of drug-likeness (QED) is 0.135. The highest BCUT2D eigenvalue weighted by Gasteiger charge is 2.25. The maximum atomic E-state index is 10.1. The van der Waals surface area contributed by atoms with E-state index < -0.39 is 0 Å². The Morgan fingerprint density at radius 1 is 0.318 bits per heavy atom. The van der Waals surface area contributed by atoms with E-state index in [-0.39, 0.29) is 0 Å². The number of hydrogen-bond acceptors (Lipinski definition) is 3. The van der Waals surface area contributed by atoms with Crippen molar-refractivity contribution in [3.05, 3.63) is 302 Å². The average Bonchev–Trinajstić information content (AvgIpc) is 2.30. The molecule has 7 nitrogen and oxygen atoms in total. The lowest BCUT2D eigenvalue weighted by molar-refractivity contribution is 1.16. The number of nitrogens with zero attached hydrogens (tertiary/aromatic N) is 7. The molecule has 0 radical (unpaired) electrons. The van der Waals surface area contributed by atoms with Gasteiger partial charge in [0.2, 0.25) is 0 Å². The normalized spacial score (nSPS) is 11.5. The molecule has 4 heterocycles. The molecule has 0 amide bonds. The van der Waals surface area contributed by atoms with E-state index in [1.807, 2.05) is 24.3 Å². The molecule has 0 atom stereocenters. The van der Waals surface area contributed by atoms with Crippen molar-refractivity contribution in [2.75, 3.05) is 0 Å². The van der Waals surface area contributed by atoms with Crippen LogP contribution in [-0.2, 0) is 0 Å². The van der Waals surface area contributed by atoms with E-state index in [2.05, 4.69) is 279 Å². The summed E-state index contributed by atoms with van der Waals surface area (Å²) < 4.78 is 7.15. The van der Waals surface area contributed by atoms with Gasteiger partial charge in [0, 0.05) is 77.1 Å². The highest BCUT2D eigenvalue weighted by molar-refractivity contribution is 6.13. The third kappa shape index (κ3) is 8.18. The van der Waals surface area contributed by atoms with Crippen molar-refractivity contribution in [2.45, 2.75) is 0 Å². The first-order chi connectivity index (χ1) is 42.0. The number of para-hydroxylation sites is 5. The van der Waals surface area contributed by atoms with Crippen LogP contribution in [0.25, 0.3) is 155 Å². The number of fused-ring (bicyclic) bond motifs is 9. The molecule has 0 N–H and O–H groups in total. The predicted octanol–water partition coefficient (Wildman–Crippen LogP) is 20.2. The Kier molecular flexibility index (Phi) is 11.5. The first-order valence-electron chi connectivity index (χ1n) is 28.4. The summed E-state index contributed by atoms with van der Waals surface area (Å²) in [6, 6.07) is 103. The molecule has 0 aliphatic carbocycles. The zero-order valence-corrected chi connectivity index (χ0v) is 45.8. The lowest BCUT2D eigenvalue weighted by Crippen LogP contribution is -2.03. The minimum atomic E-state index is 0.424. The van der Waals surface area contributed by atoms with Gasteiger partial charge in [-0.1, -0.05) is 182 Å². The molecule has 0 saturated heterocycles. The van der Waals surface area contributed by atoms with E-state index in [0.29, 0.717) is 17.1 Å². The predicted molar refractivity (Wildman–Crippen MR) is 349 cm³/mol. The van der Waals surface area contributed by atoms with Gasteiger partial charge in [-0.05, 0) is 125 Å². The van der Waals surface area contributed by atoms with Crippen LogP contribution in [0.5, 0.6) is 0 Å². The van der Waals surface area contributed by atoms with Crippen molar-refractivity contribution in [3.8, 4) is 90.4 Å². The number of rotatable bonds is 9. The van der Waals surface area contributed by atoms with Crippen LogP contribution >= 0.6 is 0 Å². The molecule has 0 fully saturated rings. The molecule has 394 valence electrons. The Labute approximate surface area is 489 Å². The molecule has 12 aromatic carbocycles. The van der Waals surface area contributed by atoms with Gasteiger partial charge in [0.15, 0.2) is 11.5 Å². The third-order valence-corrected chi connectivity index (χ3v) is 16.7. The number of benzene rings is 12. The van der Waals surface area contributed by atoms with Crippen molar-refractivity contribution in [1.29, 1.82) is 5.26 Å². The minimum Gasteiger partial charge on any atom is -0.309 e. The van der Waals surface area contributed by atoms with Crippen molar-refractivity contribution < 1.29 is 0 Å². The van der Waals surface area contributed by atoms with Crippen LogP contribution in [0.1, 0.15) is 5.56 Å². The summed E-state index contributed by atoms with van der Waals surface area (Å²) in [4.78, 5) is 14.7. The van der Waals surface area contributed by atoms with Crippen molar-refractivity contribution in [2.24, 2.45) is 0 Å². The lowest BCUT2D eigenvalue weighted by atomic mass is 9.92. The van der Waals surface area contributed by atoms with Gasteiger partial charge < -0.3 is 13.7 Å². The maximum absolute atomic E-state index is 10.1. The fourth-order valence-corrected chi connectivity index (χ4v) is 12.8. The Bertz CT molecular complexity index is 5050. The van der Waals surface area contributed by atoms with Gasteiger partial charge in [-0.25, -0.2) is 14.8 Å². The molecule has 7 heteroatoms. The first-order valence-corrected chi connectivity index (χ1v) is 28.4. The zero-order chi connectivity index (χ0) is 56.5. The molecular weight excluding hydrogens is 1030 g/mol. The highest BCUT2D eigenvalue weighted by Crippen LogP contribution is 2.46. The van der Waals surface area contributed by atoms with Crippen molar-refractivity contribution >= 4 is 71.1 Å². The fraction of sp³-hybridized carbons (Fsp3) is 0. The third-order valence-electron chi connectivity index (χ3n) is 16.7. The molecule has 16 rings (SSSR count). The average molecular weight is 1080 g/mol. The standard InChI is InChI=1S/C78H47N7/c1-80-58-43-50(49-79)42-56(44-58)55-36-41-76-68(45-55)65-26-12-17-31-75(65)85(76)77-66(51-32-37-59(38-33-51)83-71-27-13-8-22-61(71)62-23-9-14-28-72(62)83)46-57(78-81-69(53-18-4-2-5-19-53)48-70(82-78)54-20-6-3-7-21-54)47-67(77)52-34-39-60(40-35-52)84-73-29-15-10-24-63(73)64-25-11-16-30-74(64)84/h2-48H. The molecule has 0 saturated carbocycles.